The average molecular weight is 232 g/mol. The Kier molecular flexibility index (Phi) is 3.85. The van der Waals surface area contributed by atoms with E-state index in [0.717, 1.165) is 18.5 Å². The van der Waals surface area contributed by atoms with Crippen LogP contribution in [0.2, 0.25) is 0 Å². The van der Waals surface area contributed by atoms with Gasteiger partial charge < -0.3 is 0 Å². The van der Waals surface area contributed by atoms with Crippen LogP contribution < -0.4 is 0 Å². The summed E-state index contributed by atoms with van der Waals surface area (Å²) >= 11 is 0. The number of nitrogens with zero attached hydrogens (tertiary/aromatic N) is 2. The number of imide groups is 1. The molecule has 2 rings (SSSR count). The van der Waals surface area contributed by atoms with Crippen molar-refractivity contribution in [1.82, 2.24) is 9.88 Å². The largest absolute Gasteiger partial charge is 0.283 e. The van der Waals surface area contributed by atoms with Gasteiger partial charge in [0.2, 0.25) is 11.8 Å². The van der Waals surface area contributed by atoms with Crippen LogP contribution in [-0.2, 0) is 16.0 Å². The molecule has 1 aliphatic heterocycles. The van der Waals surface area contributed by atoms with E-state index in [2.05, 4.69) is 4.98 Å². The zero-order valence-electron chi connectivity index (χ0n) is 9.76. The number of piperidine rings is 1. The summed E-state index contributed by atoms with van der Waals surface area (Å²) < 4.78 is 0. The standard InChI is InChI=1S/C13H16N2O2/c16-12-7-3-8-13(17)15(12)10-4-6-11-5-1-2-9-14-11/h1-2,5,9H,3-4,6-8,10H2. The summed E-state index contributed by atoms with van der Waals surface area (Å²) in [5.74, 6) is -0.0514. The average Bonchev–Trinajstić information content (AvgIpc) is 2.34. The van der Waals surface area contributed by atoms with E-state index in [0.29, 0.717) is 25.8 Å². The van der Waals surface area contributed by atoms with Gasteiger partial charge in [-0.2, -0.15) is 0 Å². The summed E-state index contributed by atoms with van der Waals surface area (Å²) in [5.41, 5.74) is 1.00. The normalized spacial score (nSPS) is 16.4. The molecule has 0 saturated carbocycles. The lowest BCUT2D eigenvalue weighted by atomic mass is 10.1. The van der Waals surface area contributed by atoms with Crippen molar-refractivity contribution in [2.24, 2.45) is 0 Å². The molecule has 90 valence electrons. The van der Waals surface area contributed by atoms with Crippen molar-refractivity contribution in [1.29, 1.82) is 0 Å². The smallest absolute Gasteiger partial charge is 0.229 e. The van der Waals surface area contributed by atoms with Gasteiger partial charge in [-0.25, -0.2) is 0 Å². The minimum atomic E-state index is -0.0257. The number of likely N-dealkylation sites (tertiary alicyclic amines) is 1. The van der Waals surface area contributed by atoms with Crippen LogP contribution >= 0.6 is 0 Å². The Balaban J connectivity index is 1.81. The van der Waals surface area contributed by atoms with Gasteiger partial charge in [-0.15, -0.1) is 0 Å². The summed E-state index contributed by atoms with van der Waals surface area (Å²) in [7, 11) is 0. The maximum atomic E-state index is 11.5. The number of aromatic nitrogens is 1. The van der Waals surface area contributed by atoms with Crippen LogP contribution in [0.5, 0.6) is 0 Å². The summed E-state index contributed by atoms with van der Waals surface area (Å²) in [6.07, 6.45) is 5.07. The van der Waals surface area contributed by atoms with Crippen LogP contribution in [0.1, 0.15) is 31.4 Å². The Morgan fingerprint density at radius 2 is 1.94 bits per heavy atom. The predicted molar refractivity (Wildman–Crippen MR) is 63.1 cm³/mol. The molecule has 0 unspecified atom stereocenters. The fourth-order valence-electron chi connectivity index (χ4n) is 2.01. The minimum Gasteiger partial charge on any atom is -0.283 e. The molecule has 0 bridgehead atoms. The van der Waals surface area contributed by atoms with Gasteiger partial charge >= 0.3 is 0 Å². The van der Waals surface area contributed by atoms with Gasteiger partial charge in [-0.05, 0) is 31.4 Å². The Bertz CT molecular complexity index is 387. The van der Waals surface area contributed by atoms with E-state index >= 15 is 0 Å². The second-order valence-corrected chi connectivity index (χ2v) is 4.22. The van der Waals surface area contributed by atoms with E-state index in [1.165, 1.54) is 4.90 Å². The molecular formula is C13H16N2O2. The highest BCUT2D eigenvalue weighted by Gasteiger charge is 2.24. The summed E-state index contributed by atoms with van der Waals surface area (Å²) in [4.78, 5) is 28.7. The topological polar surface area (TPSA) is 50.3 Å². The van der Waals surface area contributed by atoms with Crippen molar-refractivity contribution in [3.05, 3.63) is 30.1 Å². The van der Waals surface area contributed by atoms with Crippen LogP contribution in [0.3, 0.4) is 0 Å². The molecule has 0 radical (unpaired) electrons. The molecule has 4 heteroatoms. The first-order valence-corrected chi connectivity index (χ1v) is 6.00. The number of hydrogen-bond donors (Lipinski definition) is 0. The van der Waals surface area contributed by atoms with E-state index in [1.54, 1.807) is 6.20 Å². The third-order valence-corrected chi connectivity index (χ3v) is 2.92. The lowest BCUT2D eigenvalue weighted by Gasteiger charge is -2.24. The number of amides is 2. The molecule has 0 N–H and O–H groups in total. The van der Waals surface area contributed by atoms with Gasteiger partial charge in [0.15, 0.2) is 0 Å². The van der Waals surface area contributed by atoms with Crippen molar-refractivity contribution in [2.45, 2.75) is 32.1 Å². The minimum absolute atomic E-state index is 0.0257. The molecule has 1 saturated heterocycles. The predicted octanol–water partition coefficient (Wildman–Crippen LogP) is 1.55. The monoisotopic (exact) mass is 232 g/mol. The van der Waals surface area contributed by atoms with E-state index in [-0.39, 0.29) is 11.8 Å². The first kappa shape index (κ1) is 11.8. The zero-order valence-corrected chi connectivity index (χ0v) is 9.76. The number of pyridine rings is 1. The summed E-state index contributed by atoms with van der Waals surface area (Å²) in [5, 5.41) is 0. The van der Waals surface area contributed by atoms with Crippen molar-refractivity contribution >= 4 is 11.8 Å². The number of carbonyl (C=O) groups is 2. The van der Waals surface area contributed by atoms with E-state index in [1.807, 2.05) is 18.2 Å². The van der Waals surface area contributed by atoms with Crippen molar-refractivity contribution in [3.63, 3.8) is 0 Å². The highest BCUT2D eigenvalue weighted by atomic mass is 16.2. The van der Waals surface area contributed by atoms with Crippen LogP contribution in [-0.4, -0.2) is 28.2 Å². The fourth-order valence-corrected chi connectivity index (χ4v) is 2.01. The number of aryl methyl sites for hydroxylation is 1. The maximum Gasteiger partial charge on any atom is 0.229 e. The van der Waals surface area contributed by atoms with E-state index < -0.39 is 0 Å². The van der Waals surface area contributed by atoms with Gasteiger partial charge in [0.25, 0.3) is 0 Å². The SMILES string of the molecule is O=C1CCCC(=O)N1CCCc1ccccn1. The Hall–Kier alpha value is -1.71. The summed E-state index contributed by atoms with van der Waals surface area (Å²) in [6.45, 7) is 0.522. The molecule has 0 aromatic carbocycles. The molecule has 0 atom stereocenters. The van der Waals surface area contributed by atoms with Gasteiger partial charge in [-0.3, -0.25) is 19.5 Å². The van der Waals surface area contributed by atoms with Crippen molar-refractivity contribution in [3.8, 4) is 0 Å². The molecule has 1 fully saturated rings. The molecule has 0 spiro atoms. The zero-order chi connectivity index (χ0) is 12.1. The first-order valence-electron chi connectivity index (χ1n) is 6.00. The van der Waals surface area contributed by atoms with Crippen LogP contribution in [0.15, 0.2) is 24.4 Å². The third kappa shape index (κ3) is 3.12. The van der Waals surface area contributed by atoms with Crippen LogP contribution in [0.4, 0.5) is 0 Å². The molecule has 2 heterocycles. The Morgan fingerprint density at radius 3 is 2.59 bits per heavy atom. The molecule has 4 nitrogen and oxygen atoms in total. The molecule has 1 aromatic heterocycles. The second kappa shape index (κ2) is 5.57. The number of rotatable bonds is 4. The highest BCUT2D eigenvalue weighted by molar-refractivity contribution is 5.97. The van der Waals surface area contributed by atoms with Gasteiger partial charge in [0.05, 0.1) is 0 Å². The van der Waals surface area contributed by atoms with Gasteiger partial charge in [-0.1, -0.05) is 6.07 Å². The van der Waals surface area contributed by atoms with Crippen LogP contribution in [0.25, 0.3) is 0 Å². The highest BCUT2D eigenvalue weighted by Crippen LogP contribution is 2.13. The second-order valence-electron chi connectivity index (χ2n) is 4.22. The van der Waals surface area contributed by atoms with Gasteiger partial charge in [0, 0.05) is 31.3 Å². The molecular weight excluding hydrogens is 216 g/mol. The van der Waals surface area contributed by atoms with E-state index in [4.69, 9.17) is 0 Å². The quantitative estimate of drug-likeness (QED) is 0.740. The molecule has 17 heavy (non-hydrogen) atoms. The molecule has 1 aromatic rings. The Labute approximate surface area is 101 Å². The third-order valence-electron chi connectivity index (χ3n) is 2.92. The summed E-state index contributed by atoms with van der Waals surface area (Å²) in [6, 6.07) is 5.78. The number of carbonyl (C=O) groups excluding carboxylic acids is 2. The first-order chi connectivity index (χ1) is 8.27. The van der Waals surface area contributed by atoms with E-state index in [9.17, 15) is 9.59 Å². The molecule has 2 amide bonds. The number of hydrogen-bond acceptors (Lipinski definition) is 3. The van der Waals surface area contributed by atoms with Crippen molar-refractivity contribution in [2.75, 3.05) is 6.54 Å². The maximum absolute atomic E-state index is 11.5. The van der Waals surface area contributed by atoms with Crippen LogP contribution in [0, 0.1) is 0 Å². The molecule has 1 aliphatic rings. The lowest BCUT2D eigenvalue weighted by molar-refractivity contribution is -0.147. The molecule has 0 aliphatic carbocycles. The lowest BCUT2D eigenvalue weighted by Crippen LogP contribution is -2.40. The van der Waals surface area contributed by atoms with Gasteiger partial charge in [0.1, 0.15) is 0 Å². The fraction of sp³-hybridized carbons (Fsp3) is 0.462. The van der Waals surface area contributed by atoms with Crippen molar-refractivity contribution < 1.29 is 9.59 Å². The Morgan fingerprint density at radius 1 is 1.18 bits per heavy atom.